The van der Waals surface area contributed by atoms with Gasteiger partial charge in [-0.2, -0.15) is 0 Å². The molecule has 1 N–H and O–H groups in total. The molecule has 5 atom stereocenters. The average molecular weight is 527 g/mol. The molecule has 8 aliphatic rings. The highest BCUT2D eigenvalue weighted by Crippen LogP contribution is 2.75. The number of rotatable bonds is 7. The summed E-state index contributed by atoms with van der Waals surface area (Å²) in [5.74, 6) is -0.628. The van der Waals surface area contributed by atoms with Gasteiger partial charge in [0.25, 0.3) is 0 Å². The van der Waals surface area contributed by atoms with Crippen LogP contribution in [0.2, 0.25) is 0 Å². The Morgan fingerprint density at radius 1 is 1.16 bits per heavy atom. The summed E-state index contributed by atoms with van der Waals surface area (Å²) in [7, 11) is 3.37. The number of alkyl halides is 2. The monoisotopic (exact) mass is 526 g/mol. The molecule has 6 nitrogen and oxygen atoms in total. The predicted molar refractivity (Wildman–Crippen MR) is 136 cm³/mol. The minimum Gasteiger partial charge on any atom is -0.493 e. The quantitative estimate of drug-likeness (QED) is 0.582. The molecule has 0 radical (unpaired) electrons. The van der Waals surface area contributed by atoms with Gasteiger partial charge in [-0.05, 0) is 68.5 Å². The van der Waals surface area contributed by atoms with Crippen molar-refractivity contribution in [2.24, 2.45) is 17.3 Å². The average Bonchev–Trinajstić information content (AvgIpc) is 3.64. The molecule has 38 heavy (non-hydrogen) atoms. The number of halogens is 2. The first-order chi connectivity index (χ1) is 18.3. The van der Waals surface area contributed by atoms with E-state index in [2.05, 4.69) is 22.4 Å². The third-order valence-electron chi connectivity index (χ3n) is 11.3. The number of nitrogens with zero attached hydrogens (tertiary/aromatic N) is 1. The number of likely N-dealkylation sites (tertiary alicyclic amines) is 1. The second-order valence-electron chi connectivity index (χ2n) is 13.0. The van der Waals surface area contributed by atoms with Gasteiger partial charge in [-0.25, -0.2) is 8.78 Å². The minimum absolute atomic E-state index is 0.156. The van der Waals surface area contributed by atoms with Gasteiger partial charge in [0.2, 0.25) is 11.8 Å². The lowest BCUT2D eigenvalue weighted by Crippen LogP contribution is -2.78. The van der Waals surface area contributed by atoms with Gasteiger partial charge >= 0.3 is 0 Å². The number of benzene rings is 1. The first-order valence-corrected chi connectivity index (χ1v) is 14.3. The van der Waals surface area contributed by atoms with E-state index in [4.69, 9.17) is 14.2 Å². The summed E-state index contributed by atoms with van der Waals surface area (Å²) in [5.41, 5.74) is 1.83. The van der Waals surface area contributed by atoms with Gasteiger partial charge in [0.05, 0.1) is 12.5 Å². The zero-order valence-corrected chi connectivity index (χ0v) is 22.2. The molecule has 8 heteroatoms. The van der Waals surface area contributed by atoms with Gasteiger partial charge in [0.1, 0.15) is 11.7 Å². The summed E-state index contributed by atoms with van der Waals surface area (Å²) in [6.45, 7) is 2.40. The number of piperidine rings is 1. The second kappa shape index (κ2) is 7.51. The SMILES string of the molecule is COc1ccc2c3c1O[C@@H]1[C@]34CCN(CC3CC3)[C@H](C2)[C@@]42C=C(C(=O)NCC3CC(F)(F)C3)[C@]1(OC)CC2. The molecule has 1 saturated heterocycles. The van der Waals surface area contributed by atoms with E-state index in [1.165, 1.54) is 24.0 Å². The summed E-state index contributed by atoms with van der Waals surface area (Å²) in [6.07, 6.45) is 7.77. The van der Waals surface area contributed by atoms with Crippen LogP contribution in [-0.2, 0) is 21.4 Å². The Kier molecular flexibility index (Phi) is 4.68. The standard InChI is InChI=1S/C30H36F2N2O4/c1-36-21-6-5-19-11-22-27-7-8-30(37-2,20(14-27)25(35)33-15-18-12-28(31,32)13-18)26-29(27,23(19)24(21)38-26)9-10-34(22)16-17-3-4-17/h5-6,14,17-18,22,26H,3-4,7-13,15-16H2,1-2H3,(H,33,35)/t22-,26-,27-,29+,30-/m1/s1. The summed E-state index contributed by atoms with van der Waals surface area (Å²) in [5, 5.41) is 3.02. The summed E-state index contributed by atoms with van der Waals surface area (Å²) in [6, 6.07) is 4.54. The molecule has 0 unspecified atom stereocenters. The maximum absolute atomic E-state index is 13.9. The number of methoxy groups -OCH3 is 2. The number of carbonyl (C=O) groups excluding carboxylic acids is 1. The van der Waals surface area contributed by atoms with Crippen LogP contribution in [0.5, 0.6) is 11.5 Å². The molecule has 9 rings (SSSR count). The maximum Gasteiger partial charge on any atom is 0.249 e. The van der Waals surface area contributed by atoms with E-state index in [0.29, 0.717) is 12.0 Å². The van der Waals surface area contributed by atoms with Gasteiger partial charge < -0.3 is 19.5 Å². The van der Waals surface area contributed by atoms with Crippen LogP contribution < -0.4 is 14.8 Å². The first-order valence-electron chi connectivity index (χ1n) is 14.3. The van der Waals surface area contributed by atoms with E-state index in [0.717, 1.165) is 49.8 Å². The Morgan fingerprint density at radius 2 is 1.97 bits per heavy atom. The van der Waals surface area contributed by atoms with E-state index >= 15 is 0 Å². The van der Waals surface area contributed by atoms with Crippen molar-refractivity contribution in [2.45, 2.75) is 80.5 Å². The van der Waals surface area contributed by atoms with Crippen molar-refractivity contribution < 1.29 is 27.8 Å². The molecule has 2 aliphatic heterocycles. The maximum atomic E-state index is 13.9. The lowest BCUT2D eigenvalue weighted by atomic mass is 9.37. The number of hydrogen-bond acceptors (Lipinski definition) is 5. The van der Waals surface area contributed by atoms with E-state index in [-0.39, 0.29) is 54.2 Å². The summed E-state index contributed by atoms with van der Waals surface area (Å²) < 4.78 is 46.0. The fourth-order valence-corrected chi connectivity index (χ4v) is 9.52. The molecule has 1 aromatic rings. The third-order valence-corrected chi connectivity index (χ3v) is 11.3. The number of nitrogens with one attached hydrogen (secondary N) is 1. The summed E-state index contributed by atoms with van der Waals surface area (Å²) >= 11 is 0. The van der Waals surface area contributed by atoms with Crippen molar-refractivity contribution in [1.29, 1.82) is 0 Å². The normalized spacial score (nSPS) is 39.6. The largest absolute Gasteiger partial charge is 0.493 e. The molecule has 0 aromatic heterocycles. The topological polar surface area (TPSA) is 60.0 Å². The van der Waals surface area contributed by atoms with Crippen molar-refractivity contribution in [2.75, 3.05) is 33.9 Å². The molecule has 2 heterocycles. The zero-order valence-electron chi connectivity index (χ0n) is 22.2. The number of carbonyl (C=O) groups is 1. The molecule has 204 valence electrons. The fourth-order valence-electron chi connectivity index (χ4n) is 9.52. The smallest absolute Gasteiger partial charge is 0.249 e. The number of hydrogen-bond donors (Lipinski definition) is 1. The van der Waals surface area contributed by atoms with Gasteiger partial charge in [-0.1, -0.05) is 12.1 Å². The van der Waals surface area contributed by atoms with Crippen molar-refractivity contribution in [3.05, 3.63) is 34.9 Å². The van der Waals surface area contributed by atoms with E-state index < -0.39 is 11.5 Å². The highest BCUT2D eigenvalue weighted by Gasteiger charge is 2.79. The molecule has 1 amide bonds. The van der Waals surface area contributed by atoms with Crippen LogP contribution in [0.3, 0.4) is 0 Å². The van der Waals surface area contributed by atoms with Crippen LogP contribution >= 0.6 is 0 Å². The van der Waals surface area contributed by atoms with Crippen molar-refractivity contribution in [3.8, 4) is 11.5 Å². The number of fused-ring (bicyclic) bond motifs is 1. The van der Waals surface area contributed by atoms with E-state index in [1.807, 2.05) is 6.07 Å². The van der Waals surface area contributed by atoms with Crippen LogP contribution in [0.15, 0.2) is 23.8 Å². The highest BCUT2D eigenvalue weighted by atomic mass is 19.3. The van der Waals surface area contributed by atoms with Crippen LogP contribution in [0.4, 0.5) is 8.78 Å². The van der Waals surface area contributed by atoms with Crippen molar-refractivity contribution in [3.63, 3.8) is 0 Å². The predicted octanol–water partition coefficient (Wildman–Crippen LogP) is 4.00. The number of ether oxygens (including phenoxy) is 3. The van der Waals surface area contributed by atoms with E-state index in [1.54, 1.807) is 14.2 Å². The summed E-state index contributed by atoms with van der Waals surface area (Å²) in [4.78, 5) is 16.6. The molecule has 4 fully saturated rings. The van der Waals surface area contributed by atoms with Crippen molar-refractivity contribution >= 4 is 5.91 Å². The van der Waals surface area contributed by atoms with Crippen LogP contribution in [-0.4, -0.2) is 68.3 Å². The lowest BCUT2D eigenvalue weighted by Gasteiger charge is -2.70. The Morgan fingerprint density at radius 3 is 2.68 bits per heavy atom. The Labute approximate surface area is 222 Å². The third kappa shape index (κ3) is 2.76. The molecule has 4 bridgehead atoms. The lowest BCUT2D eigenvalue weighted by molar-refractivity contribution is -0.197. The van der Waals surface area contributed by atoms with Gasteiger partial charge in [0.15, 0.2) is 11.5 Å². The Hall–Kier alpha value is -2.19. The van der Waals surface area contributed by atoms with Crippen LogP contribution in [0.1, 0.15) is 56.1 Å². The van der Waals surface area contributed by atoms with Gasteiger partial charge in [0, 0.05) is 55.6 Å². The molecular formula is C30H36F2N2O4. The van der Waals surface area contributed by atoms with Crippen LogP contribution in [0, 0.1) is 17.3 Å². The molecule has 6 aliphatic carbocycles. The highest BCUT2D eigenvalue weighted by molar-refractivity contribution is 5.97. The van der Waals surface area contributed by atoms with Gasteiger partial charge in [-0.15, -0.1) is 0 Å². The van der Waals surface area contributed by atoms with E-state index in [9.17, 15) is 13.6 Å². The minimum atomic E-state index is -2.59. The van der Waals surface area contributed by atoms with Gasteiger partial charge in [-0.3, -0.25) is 9.69 Å². The fraction of sp³-hybridized carbons (Fsp3) is 0.700. The molecule has 1 aromatic carbocycles. The second-order valence-corrected chi connectivity index (χ2v) is 13.0. The molecular weight excluding hydrogens is 490 g/mol. The number of amides is 1. The Balaban J connectivity index is 1.25. The van der Waals surface area contributed by atoms with Crippen molar-refractivity contribution in [1.82, 2.24) is 10.2 Å². The first kappa shape index (κ1) is 23.7. The molecule has 3 saturated carbocycles. The zero-order chi connectivity index (χ0) is 26.1. The van der Waals surface area contributed by atoms with Crippen LogP contribution in [0.25, 0.3) is 0 Å². The molecule has 2 spiro atoms. The Bertz CT molecular complexity index is 1250.